The number of pyridine rings is 1. The summed E-state index contributed by atoms with van der Waals surface area (Å²) in [4.78, 5) is 28.8. The van der Waals surface area contributed by atoms with Crippen molar-refractivity contribution in [2.75, 3.05) is 24.6 Å². The van der Waals surface area contributed by atoms with Crippen LogP contribution in [0.25, 0.3) is 11.5 Å². The van der Waals surface area contributed by atoms with Crippen molar-refractivity contribution >= 4 is 17.7 Å². The molecule has 3 rings (SSSR count). The van der Waals surface area contributed by atoms with Gasteiger partial charge in [0.15, 0.2) is 0 Å². The predicted octanol–water partition coefficient (Wildman–Crippen LogP) is 1.82. The van der Waals surface area contributed by atoms with E-state index >= 15 is 0 Å². The lowest BCUT2D eigenvalue weighted by Gasteiger charge is -2.26. The van der Waals surface area contributed by atoms with Crippen molar-refractivity contribution in [3.8, 4) is 11.5 Å². The quantitative estimate of drug-likeness (QED) is 0.916. The summed E-state index contributed by atoms with van der Waals surface area (Å²) in [6, 6.07) is 6.78. The molecular weight excluding hydrogens is 276 g/mol. The smallest absolute Gasteiger partial charge is 0.261 e. The molecule has 1 N–H and O–H groups in total. The maximum atomic E-state index is 12.3. The number of amides is 1. The highest BCUT2D eigenvalue weighted by atomic mass is 32.2. The molecule has 2 aromatic heterocycles. The summed E-state index contributed by atoms with van der Waals surface area (Å²) in [5.74, 6) is 2.23. The Kier molecular flexibility index (Phi) is 3.64. The molecule has 1 aliphatic rings. The highest BCUT2D eigenvalue weighted by Crippen LogP contribution is 2.16. The minimum absolute atomic E-state index is 0.187. The van der Waals surface area contributed by atoms with Crippen LogP contribution in [0.1, 0.15) is 10.4 Å². The van der Waals surface area contributed by atoms with Gasteiger partial charge in [0, 0.05) is 24.6 Å². The summed E-state index contributed by atoms with van der Waals surface area (Å²) >= 11 is 1.82. The molecule has 0 aliphatic carbocycles. The van der Waals surface area contributed by atoms with Gasteiger partial charge in [-0.1, -0.05) is 0 Å². The first-order valence-corrected chi connectivity index (χ1v) is 7.55. The number of aromatic amines is 1. The van der Waals surface area contributed by atoms with Crippen LogP contribution in [0.2, 0.25) is 0 Å². The van der Waals surface area contributed by atoms with Crippen molar-refractivity contribution in [1.29, 1.82) is 0 Å². The number of furan rings is 1. The topological polar surface area (TPSA) is 66.3 Å². The van der Waals surface area contributed by atoms with E-state index in [1.807, 2.05) is 11.8 Å². The Balaban J connectivity index is 1.87. The molecule has 0 aromatic carbocycles. The summed E-state index contributed by atoms with van der Waals surface area (Å²) in [6.07, 6.45) is 1.54. The Hall–Kier alpha value is -1.95. The maximum absolute atomic E-state index is 12.3. The average Bonchev–Trinajstić information content (AvgIpc) is 3.01. The second-order valence-corrected chi connectivity index (χ2v) is 5.72. The fraction of sp³-hybridized carbons (Fsp3) is 0.286. The summed E-state index contributed by atoms with van der Waals surface area (Å²) in [6.45, 7) is 1.39. The van der Waals surface area contributed by atoms with Crippen molar-refractivity contribution in [2.24, 2.45) is 0 Å². The molecule has 6 heteroatoms. The largest absolute Gasteiger partial charge is 0.463 e. The van der Waals surface area contributed by atoms with E-state index in [9.17, 15) is 9.59 Å². The lowest BCUT2D eigenvalue weighted by molar-refractivity contribution is 0.0770. The van der Waals surface area contributed by atoms with Crippen LogP contribution in [0, 0.1) is 0 Å². The fourth-order valence-corrected chi connectivity index (χ4v) is 3.06. The van der Waals surface area contributed by atoms with Crippen LogP contribution in [0.5, 0.6) is 0 Å². The van der Waals surface area contributed by atoms with Gasteiger partial charge in [0.2, 0.25) is 0 Å². The van der Waals surface area contributed by atoms with E-state index in [2.05, 4.69) is 4.98 Å². The predicted molar refractivity (Wildman–Crippen MR) is 78.0 cm³/mol. The van der Waals surface area contributed by atoms with Crippen LogP contribution in [0.3, 0.4) is 0 Å². The molecule has 0 unspecified atom stereocenters. The van der Waals surface area contributed by atoms with Crippen molar-refractivity contribution in [3.63, 3.8) is 0 Å². The van der Waals surface area contributed by atoms with Gasteiger partial charge < -0.3 is 14.3 Å². The third-order valence-corrected chi connectivity index (χ3v) is 4.17. The van der Waals surface area contributed by atoms with Gasteiger partial charge in [-0.3, -0.25) is 9.59 Å². The molecule has 0 bridgehead atoms. The number of nitrogens with one attached hydrogen (secondary N) is 1. The molecular formula is C14H14N2O3S. The van der Waals surface area contributed by atoms with Crippen LogP contribution >= 0.6 is 11.8 Å². The standard InChI is InChI=1S/C14H14N2O3S/c17-13-10(14(18)16-5-8-20-9-6-16)3-4-11(15-13)12-2-1-7-19-12/h1-4,7H,5-6,8-9H2,(H,15,17). The molecule has 1 amide bonds. The van der Waals surface area contributed by atoms with E-state index < -0.39 is 0 Å². The molecule has 0 spiro atoms. The highest BCUT2D eigenvalue weighted by molar-refractivity contribution is 7.99. The Morgan fingerprint density at radius 2 is 2.05 bits per heavy atom. The zero-order valence-electron chi connectivity index (χ0n) is 10.8. The van der Waals surface area contributed by atoms with Gasteiger partial charge in [-0.05, 0) is 24.3 Å². The number of hydrogen-bond acceptors (Lipinski definition) is 4. The van der Waals surface area contributed by atoms with E-state index in [4.69, 9.17) is 4.42 Å². The Morgan fingerprint density at radius 1 is 1.25 bits per heavy atom. The number of nitrogens with zero attached hydrogens (tertiary/aromatic N) is 1. The van der Waals surface area contributed by atoms with E-state index in [-0.39, 0.29) is 17.0 Å². The second kappa shape index (κ2) is 5.58. The van der Waals surface area contributed by atoms with Crippen molar-refractivity contribution in [3.05, 3.63) is 46.4 Å². The SMILES string of the molecule is O=C(c1ccc(-c2ccco2)[nH]c1=O)N1CCSCC1. The Labute approximate surface area is 120 Å². The molecule has 0 saturated carbocycles. The molecule has 1 aliphatic heterocycles. The van der Waals surface area contributed by atoms with Gasteiger partial charge in [-0.25, -0.2) is 0 Å². The number of carbonyl (C=O) groups excluding carboxylic acids is 1. The van der Waals surface area contributed by atoms with E-state index in [1.54, 1.807) is 29.2 Å². The number of H-pyrrole nitrogens is 1. The number of thioether (sulfide) groups is 1. The highest BCUT2D eigenvalue weighted by Gasteiger charge is 2.21. The molecule has 0 atom stereocenters. The average molecular weight is 290 g/mol. The van der Waals surface area contributed by atoms with Crippen molar-refractivity contribution in [2.45, 2.75) is 0 Å². The molecule has 5 nitrogen and oxygen atoms in total. The first kappa shape index (κ1) is 13.1. The molecule has 1 fully saturated rings. The minimum atomic E-state index is -0.373. The summed E-state index contributed by atoms with van der Waals surface area (Å²) in [5.41, 5.74) is 0.389. The van der Waals surface area contributed by atoms with Crippen molar-refractivity contribution < 1.29 is 9.21 Å². The van der Waals surface area contributed by atoms with Gasteiger partial charge in [-0.15, -0.1) is 0 Å². The second-order valence-electron chi connectivity index (χ2n) is 4.50. The zero-order chi connectivity index (χ0) is 13.9. The van der Waals surface area contributed by atoms with Crippen molar-refractivity contribution in [1.82, 2.24) is 9.88 Å². The Bertz CT molecular complexity index is 657. The normalized spacial score (nSPS) is 15.3. The monoisotopic (exact) mass is 290 g/mol. The first-order chi connectivity index (χ1) is 9.75. The third-order valence-electron chi connectivity index (χ3n) is 3.22. The molecule has 20 heavy (non-hydrogen) atoms. The summed E-state index contributed by atoms with van der Waals surface area (Å²) in [5, 5.41) is 0. The molecule has 2 aromatic rings. The minimum Gasteiger partial charge on any atom is -0.463 e. The number of hydrogen-bond donors (Lipinski definition) is 1. The molecule has 104 valence electrons. The lowest BCUT2D eigenvalue weighted by Crippen LogP contribution is -2.40. The van der Waals surface area contributed by atoms with E-state index in [0.717, 1.165) is 11.5 Å². The molecule has 3 heterocycles. The van der Waals surface area contributed by atoms with Crippen LogP contribution in [0.15, 0.2) is 39.7 Å². The molecule has 1 saturated heterocycles. The third kappa shape index (κ3) is 2.51. The van der Waals surface area contributed by atoms with Crippen LogP contribution in [-0.2, 0) is 0 Å². The van der Waals surface area contributed by atoms with Gasteiger partial charge >= 0.3 is 0 Å². The maximum Gasteiger partial charge on any atom is 0.261 e. The Morgan fingerprint density at radius 3 is 2.70 bits per heavy atom. The van der Waals surface area contributed by atoms with E-state index in [0.29, 0.717) is 24.5 Å². The number of carbonyl (C=O) groups is 1. The molecule has 0 radical (unpaired) electrons. The van der Waals surface area contributed by atoms with E-state index in [1.165, 1.54) is 6.26 Å². The summed E-state index contributed by atoms with van der Waals surface area (Å²) in [7, 11) is 0. The first-order valence-electron chi connectivity index (χ1n) is 6.40. The van der Waals surface area contributed by atoms with Crippen LogP contribution in [-0.4, -0.2) is 40.4 Å². The van der Waals surface area contributed by atoms with Gasteiger partial charge in [0.1, 0.15) is 11.3 Å². The summed E-state index contributed by atoms with van der Waals surface area (Å²) < 4.78 is 5.22. The van der Waals surface area contributed by atoms with Gasteiger partial charge in [-0.2, -0.15) is 11.8 Å². The van der Waals surface area contributed by atoms with Gasteiger partial charge in [0.05, 0.1) is 12.0 Å². The fourth-order valence-electron chi connectivity index (χ4n) is 2.15. The lowest BCUT2D eigenvalue weighted by atomic mass is 10.2. The number of rotatable bonds is 2. The van der Waals surface area contributed by atoms with Crippen LogP contribution in [0.4, 0.5) is 0 Å². The van der Waals surface area contributed by atoms with Crippen LogP contribution < -0.4 is 5.56 Å². The van der Waals surface area contributed by atoms with Gasteiger partial charge in [0.25, 0.3) is 11.5 Å². The number of aromatic nitrogens is 1. The zero-order valence-corrected chi connectivity index (χ0v) is 11.6.